The van der Waals surface area contributed by atoms with Gasteiger partial charge in [-0.1, -0.05) is 0 Å². The van der Waals surface area contributed by atoms with E-state index < -0.39 is 26.7 Å². The summed E-state index contributed by atoms with van der Waals surface area (Å²) in [5.41, 5.74) is 6.39. The summed E-state index contributed by atoms with van der Waals surface area (Å²) in [6, 6.07) is 1.72. The second kappa shape index (κ2) is 6.24. The van der Waals surface area contributed by atoms with Gasteiger partial charge >= 0.3 is 0 Å². The molecule has 0 spiro atoms. The summed E-state index contributed by atoms with van der Waals surface area (Å²) >= 11 is 3.35. The standard InChI is InChI=1S/C14H18BrN5O4S/c1-24-11-5-17-7-14(11,25(2,22)23)19-12-9(13(16)21)4-18-20-6-8(15)3-10(12)20/h3-4,6,11,17,19H,5,7H2,1-2H3,(H2,16,21)/t11-,14+/m0/s1. The average Bonchev–Trinajstić information content (AvgIpc) is 3.09. The molecule has 1 aliphatic rings. The molecular formula is C14H18BrN5O4S. The molecule has 2 atom stereocenters. The molecule has 3 rings (SSSR count). The SMILES string of the molecule is CO[C@H]1CNC[C@@]1(Nc1c(C(N)=O)cnn2cc(Br)cc12)S(C)(=O)=O. The topological polar surface area (TPSA) is 128 Å². The van der Waals surface area contributed by atoms with E-state index in [9.17, 15) is 13.2 Å². The van der Waals surface area contributed by atoms with Gasteiger partial charge in [0.1, 0.15) is 6.10 Å². The normalized spacial score (nSPS) is 23.9. The number of halogens is 1. The van der Waals surface area contributed by atoms with Crippen LogP contribution in [0.1, 0.15) is 10.4 Å². The van der Waals surface area contributed by atoms with E-state index in [1.54, 1.807) is 12.3 Å². The first-order valence-electron chi connectivity index (χ1n) is 7.37. The number of primary amides is 1. The van der Waals surface area contributed by atoms with Crippen molar-refractivity contribution in [2.75, 3.05) is 31.8 Å². The third-order valence-corrected chi connectivity index (χ3v) is 6.66. The molecular weight excluding hydrogens is 414 g/mol. The highest BCUT2D eigenvalue weighted by molar-refractivity contribution is 9.10. The van der Waals surface area contributed by atoms with Crippen LogP contribution < -0.4 is 16.4 Å². The lowest BCUT2D eigenvalue weighted by Crippen LogP contribution is -2.56. The van der Waals surface area contributed by atoms with Crippen LogP contribution in [0.3, 0.4) is 0 Å². The maximum absolute atomic E-state index is 12.6. The Hall–Kier alpha value is -1.69. The molecule has 1 saturated heterocycles. The molecule has 1 fully saturated rings. The fourth-order valence-corrected chi connectivity index (χ4v) is 4.80. The second-order valence-electron chi connectivity index (χ2n) is 5.93. The van der Waals surface area contributed by atoms with Crippen molar-refractivity contribution in [1.29, 1.82) is 0 Å². The van der Waals surface area contributed by atoms with Crippen molar-refractivity contribution in [3.8, 4) is 0 Å². The first-order valence-corrected chi connectivity index (χ1v) is 10.1. The largest absolute Gasteiger partial charge is 0.377 e. The molecule has 25 heavy (non-hydrogen) atoms. The number of nitrogens with two attached hydrogens (primary N) is 1. The molecule has 0 saturated carbocycles. The molecule has 2 aromatic heterocycles. The quantitative estimate of drug-likeness (QED) is 0.605. The predicted octanol–water partition coefficient (Wildman–Crippen LogP) is -0.0333. The van der Waals surface area contributed by atoms with Crippen LogP contribution in [0.4, 0.5) is 5.69 Å². The van der Waals surface area contributed by atoms with E-state index in [4.69, 9.17) is 10.5 Å². The number of hydrogen-bond acceptors (Lipinski definition) is 7. The summed E-state index contributed by atoms with van der Waals surface area (Å²) in [7, 11) is -2.17. The van der Waals surface area contributed by atoms with Crippen LogP contribution in [-0.2, 0) is 14.6 Å². The van der Waals surface area contributed by atoms with E-state index in [2.05, 4.69) is 31.7 Å². The molecule has 2 aromatic rings. The molecule has 4 N–H and O–H groups in total. The van der Waals surface area contributed by atoms with Gasteiger partial charge in [-0.2, -0.15) is 5.10 Å². The summed E-state index contributed by atoms with van der Waals surface area (Å²) in [6.07, 6.45) is 3.49. The summed E-state index contributed by atoms with van der Waals surface area (Å²) < 4.78 is 32.9. The Labute approximate surface area is 152 Å². The van der Waals surface area contributed by atoms with Crippen molar-refractivity contribution in [3.63, 3.8) is 0 Å². The number of nitrogens with zero attached hydrogens (tertiary/aromatic N) is 2. The Kier molecular flexibility index (Phi) is 4.52. The lowest BCUT2D eigenvalue weighted by atomic mass is 10.1. The fraction of sp³-hybridized carbons (Fsp3) is 0.429. The molecule has 3 heterocycles. The summed E-state index contributed by atoms with van der Waals surface area (Å²) in [6.45, 7) is 0.480. The summed E-state index contributed by atoms with van der Waals surface area (Å²) in [4.78, 5) is 10.4. The Morgan fingerprint density at radius 1 is 1.60 bits per heavy atom. The molecule has 0 aliphatic carbocycles. The molecule has 0 unspecified atom stereocenters. The summed E-state index contributed by atoms with van der Waals surface area (Å²) in [5, 5.41) is 10.2. The van der Waals surface area contributed by atoms with Gasteiger partial charge in [0, 0.05) is 37.1 Å². The van der Waals surface area contributed by atoms with Gasteiger partial charge in [0.05, 0.1) is 23.0 Å². The number of carbonyl (C=O) groups excluding carboxylic acids is 1. The van der Waals surface area contributed by atoms with Crippen LogP contribution in [0.15, 0.2) is 22.9 Å². The van der Waals surface area contributed by atoms with Gasteiger partial charge in [-0.3, -0.25) is 4.79 Å². The van der Waals surface area contributed by atoms with E-state index in [0.29, 0.717) is 17.7 Å². The minimum absolute atomic E-state index is 0.0999. The van der Waals surface area contributed by atoms with Crippen molar-refractivity contribution in [3.05, 3.63) is 28.5 Å². The molecule has 1 aliphatic heterocycles. The summed E-state index contributed by atoms with van der Waals surface area (Å²) in [5.74, 6) is -0.710. The highest BCUT2D eigenvalue weighted by Crippen LogP contribution is 2.33. The smallest absolute Gasteiger partial charge is 0.252 e. The third-order valence-electron chi connectivity index (χ3n) is 4.39. The van der Waals surface area contributed by atoms with Gasteiger partial charge in [0.2, 0.25) is 0 Å². The zero-order chi connectivity index (χ0) is 18.4. The molecule has 1 amide bonds. The molecule has 0 bridgehead atoms. The van der Waals surface area contributed by atoms with Gasteiger partial charge in [-0.25, -0.2) is 12.9 Å². The Morgan fingerprint density at radius 3 is 2.92 bits per heavy atom. The first-order chi connectivity index (χ1) is 11.7. The maximum atomic E-state index is 12.6. The van der Waals surface area contributed by atoms with Crippen LogP contribution in [0.5, 0.6) is 0 Å². The zero-order valence-corrected chi connectivity index (χ0v) is 16.0. The van der Waals surface area contributed by atoms with E-state index in [1.165, 1.54) is 17.8 Å². The Morgan fingerprint density at radius 2 is 2.32 bits per heavy atom. The van der Waals surface area contributed by atoms with Crippen LogP contribution in [-0.4, -0.2) is 61.4 Å². The number of hydrogen-bond donors (Lipinski definition) is 3. The predicted molar refractivity (Wildman–Crippen MR) is 96.3 cm³/mol. The highest BCUT2D eigenvalue weighted by Gasteiger charge is 2.52. The third kappa shape index (κ3) is 2.90. The van der Waals surface area contributed by atoms with E-state index in [-0.39, 0.29) is 12.1 Å². The highest BCUT2D eigenvalue weighted by atomic mass is 79.9. The first kappa shape index (κ1) is 18.1. The lowest BCUT2D eigenvalue weighted by Gasteiger charge is -2.34. The van der Waals surface area contributed by atoms with Gasteiger partial charge in [-0.05, 0) is 22.0 Å². The number of ether oxygens (including phenoxy) is 1. The Bertz CT molecular complexity index is 944. The van der Waals surface area contributed by atoms with Crippen molar-refractivity contribution in [2.45, 2.75) is 11.0 Å². The minimum Gasteiger partial charge on any atom is -0.377 e. The van der Waals surface area contributed by atoms with Crippen LogP contribution in [0, 0.1) is 0 Å². The maximum Gasteiger partial charge on any atom is 0.252 e. The number of fused-ring (bicyclic) bond motifs is 1. The van der Waals surface area contributed by atoms with Gasteiger partial charge in [0.25, 0.3) is 5.91 Å². The van der Waals surface area contributed by atoms with Crippen molar-refractivity contribution in [2.24, 2.45) is 5.73 Å². The van der Waals surface area contributed by atoms with Gasteiger partial charge < -0.3 is 21.1 Å². The number of rotatable bonds is 5. The van der Waals surface area contributed by atoms with E-state index in [0.717, 1.165) is 10.7 Å². The minimum atomic E-state index is -3.62. The van der Waals surface area contributed by atoms with Gasteiger partial charge in [0.15, 0.2) is 14.7 Å². The number of carbonyl (C=O) groups is 1. The van der Waals surface area contributed by atoms with Crippen LogP contribution in [0.2, 0.25) is 0 Å². The molecule has 0 aromatic carbocycles. The lowest BCUT2D eigenvalue weighted by molar-refractivity contribution is 0.0987. The number of sulfone groups is 1. The molecule has 11 heteroatoms. The van der Waals surface area contributed by atoms with Crippen LogP contribution in [0.25, 0.3) is 5.52 Å². The zero-order valence-electron chi connectivity index (χ0n) is 13.6. The van der Waals surface area contributed by atoms with Crippen molar-refractivity contribution >= 4 is 42.9 Å². The van der Waals surface area contributed by atoms with Crippen molar-refractivity contribution in [1.82, 2.24) is 14.9 Å². The number of anilines is 1. The number of nitrogens with one attached hydrogen (secondary N) is 2. The number of methoxy groups -OCH3 is 1. The average molecular weight is 432 g/mol. The monoisotopic (exact) mass is 431 g/mol. The van der Waals surface area contributed by atoms with E-state index in [1.807, 2.05) is 0 Å². The molecule has 0 radical (unpaired) electrons. The second-order valence-corrected chi connectivity index (χ2v) is 9.12. The molecule has 9 nitrogen and oxygen atoms in total. The van der Waals surface area contributed by atoms with Crippen LogP contribution >= 0.6 is 15.9 Å². The van der Waals surface area contributed by atoms with E-state index >= 15 is 0 Å². The van der Waals surface area contributed by atoms with Crippen molar-refractivity contribution < 1.29 is 17.9 Å². The fourth-order valence-electron chi connectivity index (χ4n) is 3.08. The molecule has 136 valence electrons. The Balaban J connectivity index is 2.24. The van der Waals surface area contributed by atoms with Gasteiger partial charge in [-0.15, -0.1) is 0 Å². The number of amides is 1. The number of aromatic nitrogens is 2.